The highest BCUT2D eigenvalue weighted by Crippen LogP contribution is 2.18. The van der Waals surface area contributed by atoms with Gasteiger partial charge in [-0.15, -0.1) is 0 Å². The standard InChI is InChI=1S/C16H27N5O6S2/c17-8(6-28)15(25)21-5-1-2-11(21)14(24)20-10(7-29)13(23)19-9(16(26)27)3-4-12(18)22/h8-11,28-29H,1-7,17H2,(H2,18,22)(H,19,23)(H,20,24)(H,26,27). The molecule has 0 bridgehead atoms. The van der Waals surface area contributed by atoms with Gasteiger partial charge in [0, 0.05) is 24.5 Å². The second-order valence-electron chi connectivity index (χ2n) is 6.63. The third kappa shape index (κ3) is 7.40. The van der Waals surface area contributed by atoms with Crippen molar-refractivity contribution in [3.63, 3.8) is 0 Å². The maximum atomic E-state index is 12.6. The number of carboxylic acids is 1. The van der Waals surface area contributed by atoms with Crippen molar-refractivity contribution in [3.05, 3.63) is 0 Å². The third-order valence-electron chi connectivity index (χ3n) is 4.46. The average Bonchev–Trinajstić information content (AvgIpc) is 3.17. The first-order valence-electron chi connectivity index (χ1n) is 9.02. The molecule has 1 saturated heterocycles. The van der Waals surface area contributed by atoms with Gasteiger partial charge in [-0.3, -0.25) is 19.2 Å². The number of nitrogens with one attached hydrogen (secondary N) is 2. The monoisotopic (exact) mass is 449 g/mol. The van der Waals surface area contributed by atoms with Gasteiger partial charge in [0.05, 0.1) is 6.04 Å². The molecular formula is C16H27N5O6S2. The Morgan fingerprint density at radius 1 is 1.10 bits per heavy atom. The summed E-state index contributed by atoms with van der Waals surface area (Å²) in [6, 6.07) is -4.09. The highest BCUT2D eigenvalue weighted by atomic mass is 32.1. The van der Waals surface area contributed by atoms with Gasteiger partial charge < -0.3 is 32.1 Å². The first kappa shape index (κ1) is 25.0. The summed E-state index contributed by atoms with van der Waals surface area (Å²) in [5.74, 6) is -3.73. The minimum Gasteiger partial charge on any atom is -0.480 e. The van der Waals surface area contributed by atoms with Crippen LogP contribution in [0.1, 0.15) is 25.7 Å². The number of carbonyl (C=O) groups is 5. The molecule has 29 heavy (non-hydrogen) atoms. The Bertz CT molecular complexity index is 649. The predicted molar refractivity (Wildman–Crippen MR) is 110 cm³/mol. The number of carboxylic acid groups (broad SMARTS) is 1. The minimum atomic E-state index is -1.34. The molecule has 4 unspecified atom stereocenters. The molecule has 11 nitrogen and oxygen atoms in total. The van der Waals surface area contributed by atoms with Crippen LogP contribution >= 0.6 is 25.3 Å². The van der Waals surface area contributed by atoms with Crippen LogP contribution in [-0.4, -0.2) is 81.8 Å². The SMILES string of the molecule is NC(=O)CCC(NC(=O)C(CS)NC(=O)C1CCCN1C(=O)C(N)CS)C(=O)O. The highest BCUT2D eigenvalue weighted by Gasteiger charge is 2.37. The number of rotatable bonds is 11. The molecule has 1 heterocycles. The summed E-state index contributed by atoms with van der Waals surface area (Å²) in [7, 11) is 0. The topological polar surface area (TPSA) is 185 Å². The molecular weight excluding hydrogens is 422 g/mol. The molecule has 0 aromatic heterocycles. The van der Waals surface area contributed by atoms with E-state index in [1.807, 2.05) is 0 Å². The number of primary amides is 1. The van der Waals surface area contributed by atoms with E-state index in [-0.39, 0.29) is 24.3 Å². The molecule has 4 amide bonds. The number of hydrogen-bond donors (Lipinski definition) is 7. The van der Waals surface area contributed by atoms with Gasteiger partial charge >= 0.3 is 5.97 Å². The van der Waals surface area contributed by atoms with Crippen molar-refractivity contribution in [2.24, 2.45) is 11.5 Å². The molecule has 0 aliphatic carbocycles. The Balaban J connectivity index is 2.76. The Morgan fingerprint density at radius 3 is 2.28 bits per heavy atom. The number of aliphatic carboxylic acids is 1. The minimum absolute atomic E-state index is 0.101. The fourth-order valence-electron chi connectivity index (χ4n) is 2.87. The maximum absolute atomic E-state index is 12.6. The van der Waals surface area contributed by atoms with Gasteiger partial charge in [-0.25, -0.2) is 4.79 Å². The predicted octanol–water partition coefficient (Wildman–Crippen LogP) is -2.52. The summed E-state index contributed by atoms with van der Waals surface area (Å²) in [5.41, 5.74) is 10.7. The number of amides is 4. The quantitative estimate of drug-likeness (QED) is 0.170. The van der Waals surface area contributed by atoms with E-state index in [1.165, 1.54) is 4.90 Å². The summed E-state index contributed by atoms with van der Waals surface area (Å²) in [5, 5.41) is 13.9. The first-order valence-corrected chi connectivity index (χ1v) is 10.3. The lowest BCUT2D eigenvalue weighted by Crippen LogP contribution is -2.57. The van der Waals surface area contributed by atoms with Crippen LogP contribution in [0.5, 0.6) is 0 Å². The van der Waals surface area contributed by atoms with Gasteiger partial charge in [-0.1, -0.05) is 0 Å². The van der Waals surface area contributed by atoms with E-state index >= 15 is 0 Å². The fourth-order valence-corrected chi connectivity index (χ4v) is 3.29. The van der Waals surface area contributed by atoms with Crippen LogP contribution in [-0.2, 0) is 24.0 Å². The van der Waals surface area contributed by atoms with Crippen LogP contribution in [0.2, 0.25) is 0 Å². The maximum Gasteiger partial charge on any atom is 0.326 e. The largest absolute Gasteiger partial charge is 0.480 e. The van der Waals surface area contributed by atoms with Crippen molar-refractivity contribution in [3.8, 4) is 0 Å². The second kappa shape index (κ2) is 11.9. The van der Waals surface area contributed by atoms with Crippen LogP contribution < -0.4 is 22.1 Å². The van der Waals surface area contributed by atoms with Crippen molar-refractivity contribution < 1.29 is 29.1 Å². The molecule has 164 valence electrons. The van der Waals surface area contributed by atoms with Gasteiger partial charge in [-0.05, 0) is 19.3 Å². The molecule has 1 aliphatic heterocycles. The normalized spacial score (nSPS) is 19.1. The van der Waals surface area contributed by atoms with Crippen LogP contribution in [0, 0.1) is 0 Å². The zero-order valence-corrected chi connectivity index (χ0v) is 17.5. The smallest absolute Gasteiger partial charge is 0.326 e. The van der Waals surface area contributed by atoms with Crippen LogP contribution in [0.3, 0.4) is 0 Å². The Kier molecular flexibility index (Phi) is 10.3. The lowest BCUT2D eigenvalue weighted by atomic mass is 10.1. The Hall–Kier alpha value is -1.99. The van der Waals surface area contributed by atoms with Crippen LogP contribution in [0.15, 0.2) is 0 Å². The van der Waals surface area contributed by atoms with E-state index in [9.17, 15) is 29.1 Å². The van der Waals surface area contributed by atoms with E-state index in [1.54, 1.807) is 0 Å². The van der Waals surface area contributed by atoms with Gasteiger partial charge in [0.25, 0.3) is 0 Å². The lowest BCUT2D eigenvalue weighted by molar-refractivity contribution is -0.143. The van der Waals surface area contributed by atoms with E-state index in [4.69, 9.17) is 11.5 Å². The molecule has 1 rings (SSSR count). The molecule has 0 radical (unpaired) electrons. The van der Waals surface area contributed by atoms with Crippen LogP contribution in [0.4, 0.5) is 0 Å². The van der Waals surface area contributed by atoms with Crippen LogP contribution in [0.25, 0.3) is 0 Å². The summed E-state index contributed by atoms with van der Waals surface area (Å²) in [4.78, 5) is 60.8. The lowest BCUT2D eigenvalue weighted by Gasteiger charge is -2.28. The Labute approximate surface area is 179 Å². The summed E-state index contributed by atoms with van der Waals surface area (Å²) < 4.78 is 0. The molecule has 0 aromatic carbocycles. The number of carbonyl (C=O) groups excluding carboxylic acids is 4. The molecule has 0 saturated carbocycles. The van der Waals surface area contributed by atoms with E-state index in [0.29, 0.717) is 19.4 Å². The molecule has 1 fully saturated rings. The average molecular weight is 450 g/mol. The molecule has 0 aromatic rings. The van der Waals surface area contributed by atoms with Crippen molar-refractivity contribution in [2.75, 3.05) is 18.1 Å². The summed E-state index contributed by atoms with van der Waals surface area (Å²) >= 11 is 8.03. The van der Waals surface area contributed by atoms with Crippen molar-refractivity contribution in [1.82, 2.24) is 15.5 Å². The van der Waals surface area contributed by atoms with Gasteiger partial charge in [0.15, 0.2) is 0 Å². The number of nitrogens with two attached hydrogens (primary N) is 2. The van der Waals surface area contributed by atoms with Crippen molar-refractivity contribution in [2.45, 2.75) is 49.9 Å². The summed E-state index contributed by atoms with van der Waals surface area (Å²) in [6.07, 6.45) is 0.610. The van der Waals surface area contributed by atoms with Crippen molar-refractivity contribution >= 4 is 54.9 Å². The van der Waals surface area contributed by atoms with Gasteiger partial charge in [0.1, 0.15) is 18.1 Å². The molecule has 13 heteroatoms. The van der Waals surface area contributed by atoms with E-state index < -0.39 is 53.8 Å². The zero-order chi connectivity index (χ0) is 22.1. The van der Waals surface area contributed by atoms with E-state index in [2.05, 4.69) is 35.9 Å². The fraction of sp³-hybridized carbons (Fsp3) is 0.688. The molecule has 1 aliphatic rings. The highest BCUT2D eigenvalue weighted by molar-refractivity contribution is 7.80. The number of hydrogen-bond acceptors (Lipinski definition) is 8. The Morgan fingerprint density at radius 2 is 1.76 bits per heavy atom. The van der Waals surface area contributed by atoms with Gasteiger partial charge in [0.2, 0.25) is 23.6 Å². The second-order valence-corrected chi connectivity index (χ2v) is 7.36. The zero-order valence-electron chi connectivity index (χ0n) is 15.7. The summed E-state index contributed by atoms with van der Waals surface area (Å²) in [6.45, 7) is 0.365. The number of likely N-dealkylation sites (tertiary alicyclic amines) is 1. The molecule has 0 spiro atoms. The molecule has 7 N–H and O–H groups in total. The van der Waals surface area contributed by atoms with E-state index in [0.717, 1.165) is 0 Å². The number of thiol groups is 2. The first-order chi connectivity index (χ1) is 13.6. The van der Waals surface area contributed by atoms with Gasteiger partial charge in [-0.2, -0.15) is 25.3 Å². The molecule has 4 atom stereocenters. The third-order valence-corrected chi connectivity index (χ3v) is 5.22. The number of nitrogens with zero attached hydrogens (tertiary/aromatic N) is 1. The van der Waals surface area contributed by atoms with Crippen molar-refractivity contribution in [1.29, 1.82) is 0 Å².